The minimum absolute atomic E-state index is 0.153. The molecule has 2 atom stereocenters. The second-order valence-corrected chi connectivity index (χ2v) is 4.62. The lowest BCUT2D eigenvalue weighted by atomic mass is 9.89. The first-order chi connectivity index (χ1) is 8.29. The van der Waals surface area contributed by atoms with Crippen molar-refractivity contribution in [1.29, 1.82) is 0 Å². The molecule has 17 heavy (non-hydrogen) atoms. The average molecular weight is 237 g/mol. The zero-order valence-electron chi connectivity index (χ0n) is 10.3. The van der Waals surface area contributed by atoms with Gasteiger partial charge in [-0.25, -0.2) is 4.39 Å². The van der Waals surface area contributed by atoms with Gasteiger partial charge in [0.05, 0.1) is 6.61 Å². The molecule has 1 heterocycles. The second kappa shape index (κ2) is 6.12. The zero-order valence-corrected chi connectivity index (χ0v) is 10.3. The van der Waals surface area contributed by atoms with E-state index in [0.29, 0.717) is 12.0 Å². The maximum Gasteiger partial charge on any atom is 0.123 e. The molecule has 0 aromatic heterocycles. The van der Waals surface area contributed by atoms with Crippen molar-refractivity contribution in [2.45, 2.75) is 25.8 Å². The maximum absolute atomic E-state index is 13.1. The van der Waals surface area contributed by atoms with Crippen LogP contribution in [0.1, 0.15) is 18.9 Å². The number of ether oxygens (including phenoxy) is 1. The van der Waals surface area contributed by atoms with Crippen LogP contribution in [0.4, 0.5) is 4.39 Å². The minimum Gasteiger partial charge on any atom is -0.381 e. The Labute approximate surface area is 102 Å². The fourth-order valence-corrected chi connectivity index (χ4v) is 2.50. The van der Waals surface area contributed by atoms with E-state index < -0.39 is 0 Å². The molecule has 0 spiro atoms. The van der Waals surface area contributed by atoms with Gasteiger partial charge in [-0.15, -0.1) is 0 Å². The number of benzene rings is 1. The number of hydrogen-bond donors (Lipinski definition) is 1. The fourth-order valence-electron chi connectivity index (χ4n) is 2.50. The molecule has 1 saturated heterocycles. The summed E-state index contributed by atoms with van der Waals surface area (Å²) in [6.45, 7) is 4.70. The molecule has 0 bridgehead atoms. The molecular weight excluding hydrogens is 217 g/mol. The van der Waals surface area contributed by atoms with E-state index in [-0.39, 0.29) is 5.82 Å². The van der Waals surface area contributed by atoms with E-state index in [2.05, 4.69) is 12.2 Å². The van der Waals surface area contributed by atoms with Gasteiger partial charge in [-0.3, -0.25) is 0 Å². The molecular formula is C14H20FNO. The number of rotatable bonds is 4. The lowest BCUT2D eigenvalue weighted by molar-refractivity contribution is 0.0326. The molecule has 3 heteroatoms. The van der Waals surface area contributed by atoms with E-state index in [1.807, 2.05) is 6.07 Å². The van der Waals surface area contributed by atoms with E-state index in [0.717, 1.165) is 38.2 Å². The van der Waals surface area contributed by atoms with Gasteiger partial charge in [0.25, 0.3) is 0 Å². The average Bonchev–Trinajstić information content (AvgIpc) is 2.32. The summed E-state index contributed by atoms with van der Waals surface area (Å²) in [6, 6.07) is 7.37. The van der Waals surface area contributed by atoms with Gasteiger partial charge < -0.3 is 10.1 Å². The monoisotopic (exact) mass is 237 g/mol. The van der Waals surface area contributed by atoms with Crippen LogP contribution < -0.4 is 5.32 Å². The SMILES string of the molecule is CCN[C@@H]1CCOC[C@H]1Cc1cccc(F)c1. The Bertz CT molecular complexity index is 354. The Morgan fingerprint density at radius 2 is 2.35 bits per heavy atom. The van der Waals surface area contributed by atoms with Crippen molar-refractivity contribution >= 4 is 0 Å². The Kier molecular flexibility index (Phi) is 4.51. The molecule has 0 aliphatic carbocycles. The number of hydrogen-bond acceptors (Lipinski definition) is 2. The molecule has 94 valence electrons. The quantitative estimate of drug-likeness (QED) is 0.868. The first-order valence-electron chi connectivity index (χ1n) is 6.35. The van der Waals surface area contributed by atoms with E-state index in [4.69, 9.17) is 4.74 Å². The molecule has 1 N–H and O–H groups in total. The highest BCUT2D eigenvalue weighted by atomic mass is 19.1. The standard InChI is InChI=1S/C14H20FNO/c1-2-16-14-6-7-17-10-12(14)8-11-4-3-5-13(15)9-11/h3-5,9,12,14,16H,2,6-8,10H2,1H3/t12-,14-/m1/s1. The van der Waals surface area contributed by atoms with Gasteiger partial charge in [-0.05, 0) is 37.1 Å². The molecule has 1 fully saturated rings. The van der Waals surface area contributed by atoms with Crippen molar-refractivity contribution in [2.24, 2.45) is 5.92 Å². The summed E-state index contributed by atoms with van der Waals surface area (Å²) in [5.41, 5.74) is 1.06. The summed E-state index contributed by atoms with van der Waals surface area (Å²) < 4.78 is 18.6. The molecule has 0 radical (unpaired) electrons. The Morgan fingerprint density at radius 1 is 1.47 bits per heavy atom. The van der Waals surface area contributed by atoms with Crippen LogP contribution >= 0.6 is 0 Å². The maximum atomic E-state index is 13.1. The van der Waals surface area contributed by atoms with Crippen LogP contribution in [0.25, 0.3) is 0 Å². The normalized spacial score (nSPS) is 24.8. The highest BCUT2D eigenvalue weighted by molar-refractivity contribution is 5.17. The van der Waals surface area contributed by atoms with Gasteiger partial charge in [-0.2, -0.15) is 0 Å². The molecule has 1 aliphatic heterocycles. The first-order valence-corrected chi connectivity index (χ1v) is 6.35. The first kappa shape index (κ1) is 12.5. The van der Waals surface area contributed by atoms with Crippen LogP contribution in [-0.2, 0) is 11.2 Å². The van der Waals surface area contributed by atoms with Crippen molar-refractivity contribution in [3.63, 3.8) is 0 Å². The third-order valence-electron chi connectivity index (χ3n) is 3.33. The third kappa shape index (κ3) is 3.51. The summed E-state index contributed by atoms with van der Waals surface area (Å²) >= 11 is 0. The van der Waals surface area contributed by atoms with Gasteiger partial charge in [-0.1, -0.05) is 19.1 Å². The highest BCUT2D eigenvalue weighted by Crippen LogP contribution is 2.20. The fraction of sp³-hybridized carbons (Fsp3) is 0.571. The van der Waals surface area contributed by atoms with Gasteiger partial charge in [0.1, 0.15) is 5.82 Å². The lowest BCUT2D eigenvalue weighted by Gasteiger charge is -2.32. The van der Waals surface area contributed by atoms with E-state index in [9.17, 15) is 4.39 Å². The predicted octanol–water partition coefficient (Wildman–Crippen LogP) is 2.38. The smallest absolute Gasteiger partial charge is 0.123 e. The van der Waals surface area contributed by atoms with Crippen molar-refractivity contribution in [2.75, 3.05) is 19.8 Å². The van der Waals surface area contributed by atoms with Crippen LogP contribution in [-0.4, -0.2) is 25.8 Å². The summed E-state index contributed by atoms with van der Waals surface area (Å²) in [7, 11) is 0. The molecule has 2 nitrogen and oxygen atoms in total. The van der Waals surface area contributed by atoms with Crippen molar-refractivity contribution in [1.82, 2.24) is 5.32 Å². The molecule has 2 rings (SSSR count). The topological polar surface area (TPSA) is 21.3 Å². The lowest BCUT2D eigenvalue weighted by Crippen LogP contribution is -2.43. The van der Waals surface area contributed by atoms with Gasteiger partial charge in [0.2, 0.25) is 0 Å². The van der Waals surface area contributed by atoms with Crippen molar-refractivity contribution < 1.29 is 9.13 Å². The summed E-state index contributed by atoms with van der Waals surface area (Å²) in [4.78, 5) is 0. The second-order valence-electron chi connectivity index (χ2n) is 4.62. The largest absolute Gasteiger partial charge is 0.381 e. The van der Waals surface area contributed by atoms with Crippen molar-refractivity contribution in [3.05, 3.63) is 35.6 Å². The van der Waals surface area contributed by atoms with Crippen LogP contribution in [0, 0.1) is 11.7 Å². The van der Waals surface area contributed by atoms with E-state index >= 15 is 0 Å². The predicted molar refractivity (Wildman–Crippen MR) is 66.5 cm³/mol. The highest BCUT2D eigenvalue weighted by Gasteiger charge is 2.25. The van der Waals surface area contributed by atoms with Crippen LogP contribution in [0.15, 0.2) is 24.3 Å². The van der Waals surface area contributed by atoms with Gasteiger partial charge in [0.15, 0.2) is 0 Å². The summed E-state index contributed by atoms with van der Waals surface area (Å²) in [6.07, 6.45) is 1.93. The Hall–Kier alpha value is -0.930. The van der Waals surface area contributed by atoms with Crippen LogP contribution in [0.5, 0.6) is 0 Å². The molecule has 0 amide bonds. The number of halogens is 1. The molecule has 1 aromatic carbocycles. The van der Waals surface area contributed by atoms with Crippen LogP contribution in [0.3, 0.4) is 0 Å². The summed E-state index contributed by atoms with van der Waals surface area (Å²) in [5.74, 6) is 0.296. The number of nitrogens with one attached hydrogen (secondary N) is 1. The van der Waals surface area contributed by atoms with E-state index in [1.165, 1.54) is 6.07 Å². The van der Waals surface area contributed by atoms with Gasteiger partial charge in [0, 0.05) is 18.6 Å². The van der Waals surface area contributed by atoms with Crippen LogP contribution in [0.2, 0.25) is 0 Å². The Morgan fingerprint density at radius 3 is 3.12 bits per heavy atom. The third-order valence-corrected chi connectivity index (χ3v) is 3.33. The molecule has 1 aromatic rings. The molecule has 0 saturated carbocycles. The van der Waals surface area contributed by atoms with Gasteiger partial charge >= 0.3 is 0 Å². The zero-order chi connectivity index (χ0) is 12.1. The minimum atomic E-state index is -0.153. The van der Waals surface area contributed by atoms with E-state index in [1.54, 1.807) is 12.1 Å². The summed E-state index contributed by atoms with van der Waals surface area (Å²) in [5, 5.41) is 3.50. The molecule has 1 aliphatic rings. The molecule has 0 unspecified atom stereocenters. The Balaban J connectivity index is 2.00. The van der Waals surface area contributed by atoms with Crippen molar-refractivity contribution in [3.8, 4) is 0 Å².